The molecule has 0 saturated heterocycles. The first-order chi connectivity index (χ1) is 13.2. The summed E-state index contributed by atoms with van der Waals surface area (Å²) in [6.07, 6.45) is 4.60. The predicted molar refractivity (Wildman–Crippen MR) is 104 cm³/mol. The molecule has 1 aromatic carbocycles. The number of ether oxygens (including phenoxy) is 2. The minimum absolute atomic E-state index is 0.0618. The van der Waals surface area contributed by atoms with Crippen molar-refractivity contribution in [3.05, 3.63) is 30.1 Å². The quantitative estimate of drug-likeness (QED) is 0.663. The van der Waals surface area contributed by atoms with Gasteiger partial charge in [0, 0.05) is 18.7 Å². The lowest BCUT2D eigenvalue weighted by Crippen LogP contribution is -2.33. The van der Waals surface area contributed by atoms with Crippen molar-refractivity contribution >= 4 is 17.7 Å². The molecule has 1 fully saturated rings. The van der Waals surface area contributed by atoms with Crippen molar-refractivity contribution in [1.82, 2.24) is 20.1 Å². The third kappa shape index (κ3) is 5.38. The van der Waals surface area contributed by atoms with Gasteiger partial charge in [0.15, 0.2) is 11.0 Å². The molecule has 0 unspecified atom stereocenters. The van der Waals surface area contributed by atoms with Crippen LogP contribution in [-0.4, -0.2) is 39.6 Å². The molecular formula is C19H26N4O3S. The van der Waals surface area contributed by atoms with E-state index < -0.39 is 0 Å². The summed E-state index contributed by atoms with van der Waals surface area (Å²) in [4.78, 5) is 12.1. The van der Waals surface area contributed by atoms with Crippen molar-refractivity contribution in [2.24, 2.45) is 0 Å². The van der Waals surface area contributed by atoms with E-state index in [1.54, 1.807) is 7.11 Å². The van der Waals surface area contributed by atoms with Gasteiger partial charge in [-0.25, -0.2) is 0 Å². The van der Waals surface area contributed by atoms with Crippen molar-refractivity contribution in [3.63, 3.8) is 0 Å². The lowest BCUT2D eigenvalue weighted by atomic mass is 10.2. The van der Waals surface area contributed by atoms with Gasteiger partial charge in [-0.2, -0.15) is 0 Å². The van der Waals surface area contributed by atoms with E-state index >= 15 is 0 Å². The molecule has 0 atom stereocenters. The summed E-state index contributed by atoms with van der Waals surface area (Å²) in [6.45, 7) is 3.06. The third-order valence-corrected chi connectivity index (χ3v) is 5.54. The van der Waals surface area contributed by atoms with Gasteiger partial charge in [-0.05, 0) is 31.9 Å². The zero-order valence-electron chi connectivity index (χ0n) is 15.8. The lowest BCUT2D eigenvalue weighted by molar-refractivity contribution is -0.119. The Morgan fingerprint density at radius 2 is 2.07 bits per heavy atom. The van der Waals surface area contributed by atoms with Gasteiger partial charge in [-0.3, -0.25) is 4.79 Å². The highest BCUT2D eigenvalue weighted by Gasteiger charge is 2.18. The highest BCUT2D eigenvalue weighted by atomic mass is 32.2. The number of amides is 1. The van der Waals surface area contributed by atoms with Gasteiger partial charge in [-0.15, -0.1) is 10.2 Å². The van der Waals surface area contributed by atoms with Crippen molar-refractivity contribution in [2.75, 3.05) is 12.9 Å². The summed E-state index contributed by atoms with van der Waals surface area (Å²) in [5, 5.41) is 12.3. The van der Waals surface area contributed by atoms with Gasteiger partial charge in [0.2, 0.25) is 5.91 Å². The fourth-order valence-electron chi connectivity index (χ4n) is 3.16. The summed E-state index contributed by atoms with van der Waals surface area (Å²) in [5.41, 5.74) is 0. The van der Waals surface area contributed by atoms with E-state index in [2.05, 4.69) is 15.5 Å². The van der Waals surface area contributed by atoms with E-state index in [0.29, 0.717) is 24.2 Å². The third-order valence-electron chi connectivity index (χ3n) is 4.57. The van der Waals surface area contributed by atoms with Crippen LogP contribution in [0.15, 0.2) is 29.4 Å². The van der Waals surface area contributed by atoms with Crippen molar-refractivity contribution < 1.29 is 14.3 Å². The molecule has 1 saturated carbocycles. The largest absolute Gasteiger partial charge is 0.497 e. The highest BCUT2D eigenvalue weighted by Crippen LogP contribution is 2.22. The molecule has 1 N–H and O–H groups in total. The molecule has 146 valence electrons. The molecule has 3 rings (SSSR count). The predicted octanol–water partition coefficient (Wildman–Crippen LogP) is 3.04. The number of hydrogen-bond donors (Lipinski definition) is 1. The Morgan fingerprint density at radius 3 is 2.81 bits per heavy atom. The Labute approximate surface area is 163 Å². The Hall–Kier alpha value is -2.22. The highest BCUT2D eigenvalue weighted by molar-refractivity contribution is 7.99. The lowest BCUT2D eigenvalue weighted by Gasteiger charge is -2.12. The van der Waals surface area contributed by atoms with Gasteiger partial charge in [-0.1, -0.05) is 30.7 Å². The SMILES string of the molecule is CCn1c(COc2cccc(OC)c2)nnc1SCC(=O)NC1CCCC1. The van der Waals surface area contributed by atoms with Crippen LogP contribution in [-0.2, 0) is 17.9 Å². The fraction of sp³-hybridized carbons (Fsp3) is 0.526. The topological polar surface area (TPSA) is 78.3 Å². The van der Waals surface area contributed by atoms with E-state index in [4.69, 9.17) is 9.47 Å². The van der Waals surface area contributed by atoms with Crippen LogP contribution in [0, 0.1) is 0 Å². The summed E-state index contributed by atoms with van der Waals surface area (Å²) < 4.78 is 13.0. The first-order valence-electron chi connectivity index (χ1n) is 9.30. The van der Waals surface area contributed by atoms with Crippen LogP contribution in [0.4, 0.5) is 0 Å². The van der Waals surface area contributed by atoms with Crippen LogP contribution in [0.25, 0.3) is 0 Å². The molecule has 1 amide bonds. The maximum Gasteiger partial charge on any atom is 0.230 e. The second-order valence-corrected chi connectivity index (χ2v) is 7.39. The molecule has 8 heteroatoms. The summed E-state index contributed by atoms with van der Waals surface area (Å²) in [7, 11) is 1.62. The number of hydrogen-bond acceptors (Lipinski definition) is 6. The number of nitrogens with zero attached hydrogens (tertiary/aromatic N) is 3. The Morgan fingerprint density at radius 1 is 1.30 bits per heavy atom. The average Bonchev–Trinajstić information content (AvgIpc) is 3.34. The van der Waals surface area contributed by atoms with Crippen LogP contribution in [0.2, 0.25) is 0 Å². The minimum atomic E-state index is 0.0618. The van der Waals surface area contributed by atoms with Crippen molar-refractivity contribution in [1.29, 1.82) is 0 Å². The zero-order chi connectivity index (χ0) is 19.1. The van der Waals surface area contributed by atoms with Gasteiger partial charge in [0.1, 0.15) is 18.1 Å². The van der Waals surface area contributed by atoms with E-state index in [1.807, 2.05) is 35.8 Å². The molecule has 1 aromatic heterocycles. The van der Waals surface area contributed by atoms with Crippen molar-refractivity contribution in [3.8, 4) is 11.5 Å². The van der Waals surface area contributed by atoms with Gasteiger partial charge < -0.3 is 19.4 Å². The summed E-state index contributed by atoms with van der Waals surface area (Å²) >= 11 is 1.41. The van der Waals surface area contributed by atoms with Crippen LogP contribution in [0.3, 0.4) is 0 Å². The Bertz CT molecular complexity index is 759. The second-order valence-electron chi connectivity index (χ2n) is 6.45. The van der Waals surface area contributed by atoms with E-state index in [0.717, 1.165) is 36.1 Å². The van der Waals surface area contributed by atoms with Crippen molar-refractivity contribution in [2.45, 2.75) is 57.0 Å². The summed E-state index contributed by atoms with van der Waals surface area (Å²) in [6, 6.07) is 7.79. The number of carbonyl (C=O) groups excluding carboxylic acids is 1. The molecule has 0 spiro atoms. The molecule has 2 aromatic rings. The average molecular weight is 391 g/mol. The Balaban J connectivity index is 1.54. The maximum absolute atomic E-state index is 12.1. The molecule has 1 aliphatic carbocycles. The number of methoxy groups -OCH3 is 1. The number of nitrogens with one attached hydrogen (secondary N) is 1. The summed E-state index contributed by atoms with van der Waals surface area (Å²) in [5.74, 6) is 2.61. The molecule has 27 heavy (non-hydrogen) atoms. The maximum atomic E-state index is 12.1. The first kappa shape index (κ1) is 19.5. The molecule has 0 aliphatic heterocycles. The molecule has 0 bridgehead atoms. The van der Waals surface area contributed by atoms with E-state index in [9.17, 15) is 4.79 Å². The first-order valence-corrected chi connectivity index (χ1v) is 10.3. The zero-order valence-corrected chi connectivity index (χ0v) is 16.6. The number of aromatic nitrogens is 3. The van der Waals surface area contributed by atoms with Crippen LogP contribution >= 0.6 is 11.8 Å². The van der Waals surface area contributed by atoms with Crippen LogP contribution < -0.4 is 14.8 Å². The Kier molecular flexibility index (Phi) is 6.98. The number of thioether (sulfide) groups is 1. The number of benzene rings is 1. The van der Waals surface area contributed by atoms with Gasteiger partial charge in [0.25, 0.3) is 0 Å². The smallest absolute Gasteiger partial charge is 0.230 e. The number of rotatable bonds is 9. The fourth-order valence-corrected chi connectivity index (χ4v) is 3.99. The molecule has 0 radical (unpaired) electrons. The second kappa shape index (κ2) is 9.64. The monoisotopic (exact) mass is 390 g/mol. The number of carbonyl (C=O) groups is 1. The standard InChI is InChI=1S/C19H26N4O3S/c1-3-23-17(12-26-16-10-6-9-15(11-16)25-2)21-22-19(23)27-13-18(24)20-14-7-4-5-8-14/h6,9-11,14H,3-5,7-8,12-13H2,1-2H3,(H,20,24). The van der Waals surface area contributed by atoms with Crippen LogP contribution in [0.1, 0.15) is 38.4 Å². The van der Waals surface area contributed by atoms with E-state index in [1.165, 1.54) is 24.6 Å². The molecule has 7 nitrogen and oxygen atoms in total. The molecular weight excluding hydrogens is 364 g/mol. The van der Waals surface area contributed by atoms with Gasteiger partial charge >= 0.3 is 0 Å². The normalized spacial score (nSPS) is 14.3. The van der Waals surface area contributed by atoms with Gasteiger partial charge in [0.05, 0.1) is 12.9 Å². The van der Waals surface area contributed by atoms with E-state index in [-0.39, 0.29) is 5.91 Å². The molecule has 1 heterocycles. The molecule has 1 aliphatic rings. The minimum Gasteiger partial charge on any atom is -0.497 e. The van der Waals surface area contributed by atoms with Crippen LogP contribution in [0.5, 0.6) is 11.5 Å².